The summed E-state index contributed by atoms with van der Waals surface area (Å²) >= 11 is 0. The Morgan fingerprint density at radius 3 is 2.50 bits per heavy atom. The lowest BCUT2D eigenvalue weighted by Gasteiger charge is -2.31. The molecule has 2 heterocycles. The normalized spacial score (nSPS) is 14.4. The van der Waals surface area contributed by atoms with Crippen LogP contribution in [-0.2, 0) is 4.79 Å². The van der Waals surface area contributed by atoms with Crippen LogP contribution in [0.4, 0.5) is 0 Å². The van der Waals surface area contributed by atoms with Crippen LogP contribution in [0.15, 0.2) is 48.8 Å². The number of aromatic nitrogens is 1. The Hall–Kier alpha value is -3.09. The Bertz CT molecular complexity index is 772. The van der Waals surface area contributed by atoms with Gasteiger partial charge in [0.2, 0.25) is 5.91 Å². The van der Waals surface area contributed by atoms with Crippen LogP contribution >= 0.6 is 0 Å². The summed E-state index contributed by atoms with van der Waals surface area (Å²) in [6.07, 6.45) is 4.55. The molecule has 0 unspecified atom stereocenters. The van der Waals surface area contributed by atoms with Crippen molar-refractivity contribution in [2.75, 3.05) is 33.4 Å². The molecule has 0 bridgehead atoms. The fourth-order valence-electron chi connectivity index (χ4n) is 3.18. The second kappa shape index (κ2) is 9.73. The van der Waals surface area contributed by atoms with E-state index in [1.165, 1.54) is 0 Å². The molecule has 28 heavy (non-hydrogen) atoms. The number of hydrogen-bond acceptors (Lipinski definition) is 5. The van der Waals surface area contributed by atoms with E-state index in [9.17, 15) is 9.59 Å². The van der Waals surface area contributed by atoms with Crippen LogP contribution in [0.3, 0.4) is 0 Å². The number of hydrogen-bond donors (Lipinski definition) is 1. The molecule has 2 amide bonds. The van der Waals surface area contributed by atoms with Crippen molar-refractivity contribution >= 4 is 11.8 Å². The highest BCUT2D eigenvalue weighted by Gasteiger charge is 2.27. The summed E-state index contributed by atoms with van der Waals surface area (Å²) in [5.74, 6) is 1.43. The zero-order chi connectivity index (χ0) is 19.8. The van der Waals surface area contributed by atoms with E-state index in [4.69, 9.17) is 9.47 Å². The molecule has 0 atom stereocenters. The van der Waals surface area contributed by atoms with E-state index in [0.717, 1.165) is 11.5 Å². The van der Waals surface area contributed by atoms with Crippen molar-refractivity contribution in [1.29, 1.82) is 0 Å². The summed E-state index contributed by atoms with van der Waals surface area (Å²) in [5, 5.41) is 2.92. The van der Waals surface area contributed by atoms with Crippen LogP contribution in [0.2, 0.25) is 0 Å². The number of benzene rings is 1. The predicted molar refractivity (Wildman–Crippen MR) is 104 cm³/mol. The van der Waals surface area contributed by atoms with E-state index in [2.05, 4.69) is 10.3 Å². The van der Waals surface area contributed by atoms with E-state index >= 15 is 0 Å². The fraction of sp³-hybridized carbons (Fsp3) is 0.381. The van der Waals surface area contributed by atoms with Crippen LogP contribution in [0.25, 0.3) is 0 Å². The molecular formula is C21H25N3O4. The lowest BCUT2D eigenvalue weighted by Crippen LogP contribution is -2.43. The van der Waals surface area contributed by atoms with Gasteiger partial charge in [0, 0.05) is 31.4 Å². The molecule has 1 aliphatic rings. The summed E-state index contributed by atoms with van der Waals surface area (Å²) in [7, 11) is 1.62. The van der Waals surface area contributed by atoms with Crippen LogP contribution in [0.5, 0.6) is 11.5 Å². The van der Waals surface area contributed by atoms with Gasteiger partial charge >= 0.3 is 0 Å². The highest BCUT2D eigenvalue weighted by molar-refractivity contribution is 5.94. The largest absolute Gasteiger partial charge is 0.497 e. The van der Waals surface area contributed by atoms with E-state index in [-0.39, 0.29) is 17.7 Å². The van der Waals surface area contributed by atoms with Crippen LogP contribution in [0, 0.1) is 5.92 Å². The lowest BCUT2D eigenvalue weighted by atomic mass is 9.95. The van der Waals surface area contributed by atoms with Crippen molar-refractivity contribution in [3.8, 4) is 11.5 Å². The molecule has 2 aromatic rings. The van der Waals surface area contributed by atoms with Crippen molar-refractivity contribution in [2.24, 2.45) is 5.92 Å². The molecule has 3 rings (SSSR count). The molecule has 7 nitrogen and oxygen atoms in total. The second-order valence-electron chi connectivity index (χ2n) is 6.62. The van der Waals surface area contributed by atoms with Crippen LogP contribution in [-0.4, -0.2) is 55.0 Å². The van der Waals surface area contributed by atoms with E-state index in [1.807, 2.05) is 24.3 Å². The third kappa shape index (κ3) is 5.22. The van der Waals surface area contributed by atoms with Crippen molar-refractivity contribution in [3.05, 3.63) is 54.4 Å². The smallest absolute Gasteiger partial charge is 0.255 e. The van der Waals surface area contributed by atoms with Gasteiger partial charge in [-0.2, -0.15) is 0 Å². The van der Waals surface area contributed by atoms with E-state index in [0.29, 0.717) is 44.6 Å². The second-order valence-corrected chi connectivity index (χ2v) is 6.62. The number of likely N-dealkylation sites (tertiary alicyclic amines) is 1. The standard InChI is InChI=1S/C21H25N3O4/c1-27-18-4-6-19(7-5-18)28-14-11-23-20(25)16-8-12-24(13-9-16)21(26)17-3-2-10-22-15-17/h2-7,10,15-16H,8-9,11-14H2,1H3,(H,23,25). The minimum Gasteiger partial charge on any atom is -0.497 e. The number of amides is 2. The highest BCUT2D eigenvalue weighted by Crippen LogP contribution is 2.19. The fourth-order valence-corrected chi connectivity index (χ4v) is 3.18. The van der Waals surface area contributed by atoms with Gasteiger partial charge in [0.1, 0.15) is 18.1 Å². The SMILES string of the molecule is COc1ccc(OCCNC(=O)C2CCN(C(=O)c3cccnc3)CC2)cc1. The number of methoxy groups -OCH3 is 1. The first kappa shape index (κ1) is 19.7. The number of rotatable bonds is 7. The molecule has 7 heteroatoms. The van der Waals surface area contributed by atoms with Gasteiger partial charge in [-0.05, 0) is 49.2 Å². The number of pyridine rings is 1. The Kier molecular flexibility index (Phi) is 6.84. The Balaban J connectivity index is 1.36. The molecular weight excluding hydrogens is 358 g/mol. The molecule has 1 aromatic carbocycles. The Morgan fingerprint density at radius 2 is 1.86 bits per heavy atom. The lowest BCUT2D eigenvalue weighted by molar-refractivity contribution is -0.126. The third-order valence-corrected chi connectivity index (χ3v) is 4.79. The molecule has 1 fully saturated rings. The van der Waals surface area contributed by atoms with Gasteiger partial charge in [0.05, 0.1) is 19.2 Å². The molecule has 1 saturated heterocycles. The average molecular weight is 383 g/mol. The molecule has 0 spiro atoms. The van der Waals surface area contributed by atoms with Gasteiger partial charge < -0.3 is 19.7 Å². The summed E-state index contributed by atoms with van der Waals surface area (Å²) in [6.45, 7) is 2.00. The molecule has 1 aromatic heterocycles. The van der Waals surface area contributed by atoms with Crippen molar-refractivity contribution < 1.29 is 19.1 Å². The molecule has 0 aliphatic carbocycles. The number of carbonyl (C=O) groups is 2. The maximum absolute atomic E-state index is 12.4. The van der Waals surface area contributed by atoms with Gasteiger partial charge in [-0.15, -0.1) is 0 Å². The maximum Gasteiger partial charge on any atom is 0.255 e. The first-order valence-electron chi connectivity index (χ1n) is 9.41. The number of ether oxygens (including phenoxy) is 2. The summed E-state index contributed by atoms with van der Waals surface area (Å²) in [5.41, 5.74) is 0.584. The zero-order valence-corrected chi connectivity index (χ0v) is 16.0. The van der Waals surface area contributed by atoms with Gasteiger partial charge in [-0.25, -0.2) is 0 Å². The molecule has 0 radical (unpaired) electrons. The molecule has 148 valence electrons. The van der Waals surface area contributed by atoms with Crippen LogP contribution in [0.1, 0.15) is 23.2 Å². The number of nitrogens with zero attached hydrogens (tertiary/aromatic N) is 2. The third-order valence-electron chi connectivity index (χ3n) is 4.79. The summed E-state index contributed by atoms with van der Waals surface area (Å²) in [4.78, 5) is 30.5. The topological polar surface area (TPSA) is 80.8 Å². The minimum atomic E-state index is -0.0704. The van der Waals surface area contributed by atoms with E-state index < -0.39 is 0 Å². The number of carbonyl (C=O) groups excluding carboxylic acids is 2. The maximum atomic E-state index is 12.4. The Labute approximate surface area is 164 Å². The van der Waals surface area contributed by atoms with Crippen LogP contribution < -0.4 is 14.8 Å². The predicted octanol–water partition coefficient (Wildman–Crippen LogP) is 2.14. The Morgan fingerprint density at radius 1 is 1.14 bits per heavy atom. The van der Waals surface area contributed by atoms with Crippen molar-refractivity contribution in [1.82, 2.24) is 15.2 Å². The first-order chi connectivity index (χ1) is 13.7. The van der Waals surface area contributed by atoms with Gasteiger partial charge in [-0.3, -0.25) is 14.6 Å². The van der Waals surface area contributed by atoms with Gasteiger partial charge in [0.25, 0.3) is 5.91 Å². The monoisotopic (exact) mass is 383 g/mol. The van der Waals surface area contributed by atoms with Crippen molar-refractivity contribution in [3.63, 3.8) is 0 Å². The quantitative estimate of drug-likeness (QED) is 0.741. The average Bonchev–Trinajstić information content (AvgIpc) is 2.77. The zero-order valence-electron chi connectivity index (χ0n) is 16.0. The van der Waals surface area contributed by atoms with Crippen molar-refractivity contribution in [2.45, 2.75) is 12.8 Å². The molecule has 1 N–H and O–H groups in total. The number of piperidine rings is 1. The molecule has 1 aliphatic heterocycles. The summed E-state index contributed by atoms with van der Waals surface area (Å²) in [6, 6.07) is 10.8. The summed E-state index contributed by atoms with van der Waals surface area (Å²) < 4.78 is 10.7. The minimum absolute atomic E-state index is 0.0202. The van der Waals surface area contributed by atoms with E-state index in [1.54, 1.807) is 36.5 Å². The number of nitrogens with one attached hydrogen (secondary N) is 1. The van der Waals surface area contributed by atoms with Gasteiger partial charge in [-0.1, -0.05) is 0 Å². The first-order valence-corrected chi connectivity index (χ1v) is 9.41. The highest BCUT2D eigenvalue weighted by atomic mass is 16.5. The van der Waals surface area contributed by atoms with Gasteiger partial charge in [0.15, 0.2) is 0 Å². The molecule has 0 saturated carbocycles.